The van der Waals surface area contributed by atoms with E-state index in [1.165, 1.54) is 19.3 Å². The van der Waals surface area contributed by atoms with Crippen molar-refractivity contribution in [3.05, 3.63) is 67.0 Å². The molecule has 0 atom stereocenters. The summed E-state index contributed by atoms with van der Waals surface area (Å²) < 4.78 is 41.3. The number of nitrogens with zero attached hydrogens (tertiary/aromatic N) is 1. The third kappa shape index (κ3) is 12.8. The maximum atomic E-state index is 6.65. The van der Waals surface area contributed by atoms with Crippen molar-refractivity contribution in [2.24, 2.45) is 0 Å². The zero-order valence-electron chi connectivity index (χ0n) is 35.8. The molecule has 0 saturated heterocycles. The molecule has 7 heteroatoms. The smallest absolute Gasteiger partial charge is 0.168 e. The molecular weight excluding hydrogens is 711 g/mol. The quantitative estimate of drug-likeness (QED) is 0.0274. The molecule has 5 aromatic rings. The minimum atomic E-state index is 0.637. The van der Waals surface area contributed by atoms with Crippen molar-refractivity contribution in [1.29, 1.82) is 0 Å². The maximum absolute atomic E-state index is 6.65. The zero-order chi connectivity index (χ0) is 40.1. The first kappa shape index (κ1) is 43.7. The fraction of sp³-hybridized carbons (Fsp3) is 0.540. The highest BCUT2D eigenvalue weighted by molar-refractivity contribution is 6.26. The first-order valence-electron chi connectivity index (χ1n) is 22.4. The van der Waals surface area contributed by atoms with Crippen molar-refractivity contribution in [2.75, 3.05) is 39.6 Å². The summed E-state index contributed by atoms with van der Waals surface area (Å²) in [7, 11) is 0. The number of benzene rings is 4. The van der Waals surface area contributed by atoms with Gasteiger partial charge in [0.25, 0.3) is 0 Å². The van der Waals surface area contributed by atoms with E-state index in [0.717, 1.165) is 150 Å². The Kier molecular flexibility index (Phi) is 18.7. The molecule has 0 radical (unpaired) electrons. The Hall–Kier alpha value is -4.39. The summed E-state index contributed by atoms with van der Waals surface area (Å²) in [6, 6.07) is 19.4. The van der Waals surface area contributed by atoms with Crippen LogP contribution >= 0.6 is 0 Å². The van der Waals surface area contributed by atoms with Gasteiger partial charge in [0.15, 0.2) is 46.9 Å². The summed E-state index contributed by atoms with van der Waals surface area (Å²) in [5.74, 6) is 4.69. The highest BCUT2D eigenvalue weighted by atomic mass is 16.5. The van der Waals surface area contributed by atoms with Crippen LogP contribution in [0.25, 0.3) is 32.3 Å². The van der Waals surface area contributed by atoms with Crippen LogP contribution in [0.4, 0.5) is 0 Å². The Balaban J connectivity index is 1.58. The highest BCUT2D eigenvalue weighted by Gasteiger charge is 2.20. The number of hydrogen-bond acceptors (Lipinski definition) is 6. The van der Waals surface area contributed by atoms with Crippen LogP contribution in [0.2, 0.25) is 0 Å². The maximum Gasteiger partial charge on any atom is 0.168 e. The Bertz CT molecular complexity index is 1880. The molecule has 0 aliphatic carbocycles. The molecule has 0 amide bonds. The average molecular weight is 781 g/mol. The average Bonchev–Trinajstić information content (AvgIpc) is 3.23. The topological polar surface area (TPSA) is 59.3 Å². The van der Waals surface area contributed by atoms with E-state index in [-0.39, 0.29) is 0 Å². The van der Waals surface area contributed by atoms with Gasteiger partial charge in [-0.25, -0.2) is 4.57 Å². The molecule has 4 aromatic carbocycles. The van der Waals surface area contributed by atoms with Crippen molar-refractivity contribution >= 4 is 32.3 Å². The lowest BCUT2D eigenvalue weighted by Crippen LogP contribution is -2.32. The molecule has 0 bridgehead atoms. The van der Waals surface area contributed by atoms with Crippen LogP contribution in [0, 0.1) is 0 Å². The first-order chi connectivity index (χ1) is 28.1. The highest BCUT2D eigenvalue weighted by Crippen LogP contribution is 2.47. The number of aryl methyl sites for hydroxylation is 1. The number of rotatable bonds is 29. The third-order valence-electron chi connectivity index (χ3n) is 10.5. The van der Waals surface area contributed by atoms with Gasteiger partial charge in [0.2, 0.25) is 0 Å². The normalized spacial score (nSPS) is 11.4. The second kappa shape index (κ2) is 24.4. The number of pyridine rings is 1. The second-order valence-electron chi connectivity index (χ2n) is 15.3. The van der Waals surface area contributed by atoms with E-state index >= 15 is 0 Å². The van der Waals surface area contributed by atoms with Gasteiger partial charge in [-0.2, -0.15) is 0 Å². The number of fused-ring (bicyclic) bond motifs is 6. The summed E-state index contributed by atoms with van der Waals surface area (Å²) in [4.78, 5) is 0. The van der Waals surface area contributed by atoms with E-state index in [1.807, 2.05) is 0 Å². The molecule has 57 heavy (non-hydrogen) atoms. The zero-order valence-corrected chi connectivity index (χ0v) is 35.8. The van der Waals surface area contributed by atoms with E-state index < -0.39 is 0 Å². The van der Waals surface area contributed by atoms with Crippen molar-refractivity contribution in [2.45, 2.75) is 137 Å². The number of ether oxygens (including phenoxy) is 6. The SMILES string of the molecule is CCCCOc1cc2c3cc(OCCCC)c(OCCCC)cc3c3cc(OCCCCCCC[n+]4ccccc4)c(OCCCC)cc3c2cc1OCCCC. The summed E-state index contributed by atoms with van der Waals surface area (Å²) in [5.41, 5.74) is 0. The fourth-order valence-electron chi connectivity index (χ4n) is 7.02. The van der Waals surface area contributed by atoms with Crippen LogP contribution in [0.1, 0.15) is 131 Å². The van der Waals surface area contributed by atoms with Gasteiger partial charge in [-0.05, 0) is 114 Å². The predicted molar refractivity (Wildman–Crippen MR) is 236 cm³/mol. The Morgan fingerprint density at radius 1 is 0.316 bits per heavy atom. The molecule has 0 unspecified atom stereocenters. The van der Waals surface area contributed by atoms with Gasteiger partial charge in [-0.3, -0.25) is 0 Å². The summed E-state index contributed by atoms with van der Waals surface area (Å²) in [5, 5.41) is 6.54. The summed E-state index contributed by atoms with van der Waals surface area (Å²) >= 11 is 0. The van der Waals surface area contributed by atoms with Crippen LogP contribution in [0.5, 0.6) is 34.5 Å². The summed E-state index contributed by atoms with van der Waals surface area (Å²) in [6.07, 6.45) is 20.2. The summed E-state index contributed by atoms with van der Waals surface area (Å²) in [6.45, 7) is 15.9. The van der Waals surface area contributed by atoms with E-state index in [9.17, 15) is 0 Å². The Morgan fingerprint density at radius 3 is 0.877 bits per heavy atom. The Morgan fingerprint density at radius 2 is 0.579 bits per heavy atom. The predicted octanol–water partition coefficient (Wildman–Crippen LogP) is 13.4. The van der Waals surface area contributed by atoms with Gasteiger partial charge in [0.1, 0.15) is 6.54 Å². The van der Waals surface area contributed by atoms with Crippen LogP contribution in [-0.4, -0.2) is 39.6 Å². The number of hydrogen-bond donors (Lipinski definition) is 0. The van der Waals surface area contributed by atoms with Crippen LogP contribution in [-0.2, 0) is 6.54 Å². The van der Waals surface area contributed by atoms with Gasteiger partial charge in [0.05, 0.1) is 39.6 Å². The molecule has 310 valence electrons. The van der Waals surface area contributed by atoms with E-state index in [1.54, 1.807) is 0 Å². The second-order valence-corrected chi connectivity index (χ2v) is 15.3. The van der Waals surface area contributed by atoms with Gasteiger partial charge in [0, 0.05) is 18.6 Å². The monoisotopic (exact) mass is 781 g/mol. The van der Waals surface area contributed by atoms with Crippen LogP contribution < -0.4 is 33.0 Å². The third-order valence-corrected chi connectivity index (χ3v) is 10.5. The van der Waals surface area contributed by atoms with Gasteiger partial charge in [-0.15, -0.1) is 0 Å². The van der Waals surface area contributed by atoms with Crippen LogP contribution in [0.3, 0.4) is 0 Å². The molecule has 5 rings (SSSR count). The number of aromatic nitrogens is 1. The van der Waals surface area contributed by atoms with Crippen molar-refractivity contribution in [3.63, 3.8) is 0 Å². The standard InChI is InChI=1S/C50H70NO6/c1-6-11-27-52-45-33-39-40-34-46(53-28-12-7-2)48(55-30-14-9-4)36-42(40)44-38-50(57-32-23-18-16-17-20-24-51-25-21-19-22-26-51)49(56-31-15-10-5)37-43(44)41(39)35-47(45)54-29-13-8-3/h19,21-22,25-26,33-38H,6-18,20,23-24,27-32H2,1-5H3/q+1. The van der Waals surface area contributed by atoms with E-state index in [4.69, 9.17) is 28.4 Å². The Labute approximate surface area is 342 Å². The van der Waals surface area contributed by atoms with Crippen molar-refractivity contribution in [1.82, 2.24) is 0 Å². The molecule has 1 aromatic heterocycles. The minimum absolute atomic E-state index is 0.637. The van der Waals surface area contributed by atoms with E-state index in [2.05, 4.69) is 106 Å². The van der Waals surface area contributed by atoms with Gasteiger partial charge >= 0.3 is 0 Å². The molecule has 0 spiro atoms. The lowest BCUT2D eigenvalue weighted by atomic mass is 9.93. The number of unbranched alkanes of at least 4 members (excludes halogenated alkanes) is 9. The van der Waals surface area contributed by atoms with Crippen molar-refractivity contribution in [3.8, 4) is 34.5 Å². The fourth-order valence-corrected chi connectivity index (χ4v) is 7.02. The lowest BCUT2D eigenvalue weighted by Gasteiger charge is -2.20. The lowest BCUT2D eigenvalue weighted by molar-refractivity contribution is -0.697. The first-order valence-corrected chi connectivity index (χ1v) is 22.4. The molecule has 0 fully saturated rings. The largest absolute Gasteiger partial charge is 0.490 e. The minimum Gasteiger partial charge on any atom is -0.490 e. The molecular formula is C50H70NO6+. The molecule has 0 N–H and O–H groups in total. The van der Waals surface area contributed by atoms with Crippen LogP contribution in [0.15, 0.2) is 67.0 Å². The van der Waals surface area contributed by atoms with Gasteiger partial charge in [-0.1, -0.05) is 85.6 Å². The van der Waals surface area contributed by atoms with Crippen molar-refractivity contribution < 1.29 is 33.0 Å². The van der Waals surface area contributed by atoms with Gasteiger partial charge < -0.3 is 28.4 Å². The molecule has 7 nitrogen and oxygen atoms in total. The molecule has 0 aliphatic rings. The molecule has 1 heterocycles. The molecule has 0 saturated carbocycles. The molecule has 0 aliphatic heterocycles. The van der Waals surface area contributed by atoms with E-state index in [0.29, 0.717) is 39.6 Å².